The molecule has 0 bridgehead atoms. The van der Waals surface area contributed by atoms with Gasteiger partial charge in [0, 0.05) is 22.9 Å². The van der Waals surface area contributed by atoms with E-state index in [2.05, 4.69) is 61.1 Å². The highest BCUT2D eigenvalue weighted by Crippen LogP contribution is 2.28. The van der Waals surface area contributed by atoms with Crippen LogP contribution in [0.5, 0.6) is 0 Å². The van der Waals surface area contributed by atoms with Crippen LogP contribution in [0.2, 0.25) is 0 Å². The molecule has 0 spiro atoms. The van der Waals surface area contributed by atoms with Crippen LogP contribution in [0.25, 0.3) is 22.1 Å². The van der Waals surface area contributed by atoms with E-state index < -0.39 is 0 Å². The highest BCUT2D eigenvalue weighted by molar-refractivity contribution is 9.10. The summed E-state index contributed by atoms with van der Waals surface area (Å²) in [5.41, 5.74) is 3.80. The Morgan fingerprint density at radius 1 is 1.06 bits per heavy atom. The number of nitrogens with zero attached hydrogens (tertiary/aromatic N) is 4. The fraction of sp³-hybridized carbons (Fsp3) is 0.333. The second-order valence-electron chi connectivity index (χ2n) is 7.70. The number of thioether (sulfide) groups is 1. The smallest absolute Gasteiger partial charge is 0.230 e. The van der Waals surface area contributed by atoms with Crippen molar-refractivity contribution < 1.29 is 4.79 Å². The molecule has 0 radical (unpaired) electrons. The number of hydrogen-bond donors (Lipinski definition) is 1. The lowest BCUT2D eigenvalue weighted by Crippen LogP contribution is -2.26. The largest absolute Gasteiger partial charge is 0.355 e. The summed E-state index contributed by atoms with van der Waals surface area (Å²) in [7, 11) is 0. The fourth-order valence-corrected chi connectivity index (χ4v) is 4.52. The van der Waals surface area contributed by atoms with Crippen molar-refractivity contribution in [3.05, 3.63) is 58.6 Å². The SMILES string of the molecule is CCCCCCNC(=O)CSc1nnc2c3ccccc3n(Cc3ccc(Br)cc3)c2n1. The van der Waals surface area contributed by atoms with Crippen LogP contribution in [0.15, 0.2) is 58.2 Å². The third-order valence-corrected chi connectivity index (χ3v) is 6.66. The van der Waals surface area contributed by atoms with E-state index in [4.69, 9.17) is 4.98 Å². The molecule has 2 heterocycles. The van der Waals surface area contributed by atoms with Crippen molar-refractivity contribution in [1.82, 2.24) is 25.1 Å². The van der Waals surface area contributed by atoms with Crippen LogP contribution in [0, 0.1) is 0 Å². The van der Waals surface area contributed by atoms with Gasteiger partial charge in [-0.3, -0.25) is 4.79 Å². The quantitative estimate of drug-likeness (QED) is 0.222. The standard InChI is InChI=1S/C24H26BrN5OS/c1-2-3-4-7-14-26-21(31)16-32-24-27-23-22(28-29-24)19-8-5-6-9-20(19)30(23)15-17-10-12-18(25)13-11-17/h5-6,8-13H,2-4,7,14-16H2,1H3,(H,26,31). The van der Waals surface area contributed by atoms with Crippen LogP contribution >= 0.6 is 27.7 Å². The van der Waals surface area contributed by atoms with Gasteiger partial charge in [0.25, 0.3) is 0 Å². The van der Waals surface area contributed by atoms with Gasteiger partial charge in [-0.2, -0.15) is 0 Å². The number of hydrogen-bond acceptors (Lipinski definition) is 5. The molecule has 1 N–H and O–H groups in total. The molecule has 0 fully saturated rings. The van der Waals surface area contributed by atoms with E-state index in [9.17, 15) is 4.79 Å². The number of amides is 1. The summed E-state index contributed by atoms with van der Waals surface area (Å²) in [5.74, 6) is 0.291. The van der Waals surface area contributed by atoms with Crippen LogP contribution < -0.4 is 5.32 Å². The molecular formula is C24H26BrN5OS. The van der Waals surface area contributed by atoms with E-state index in [1.54, 1.807) is 0 Å². The Labute approximate surface area is 200 Å². The molecule has 2 aromatic heterocycles. The highest BCUT2D eigenvalue weighted by atomic mass is 79.9. The Bertz CT molecular complexity index is 1210. The Morgan fingerprint density at radius 2 is 1.88 bits per heavy atom. The number of halogens is 1. The average Bonchev–Trinajstić information content (AvgIpc) is 3.12. The predicted molar refractivity (Wildman–Crippen MR) is 134 cm³/mol. The molecule has 166 valence electrons. The Hall–Kier alpha value is -2.45. The van der Waals surface area contributed by atoms with Crippen molar-refractivity contribution in [2.45, 2.75) is 44.3 Å². The predicted octanol–water partition coefficient (Wildman–Crippen LogP) is 5.58. The first-order chi connectivity index (χ1) is 15.7. The van der Waals surface area contributed by atoms with Crippen LogP contribution in [0.3, 0.4) is 0 Å². The van der Waals surface area contributed by atoms with Gasteiger partial charge in [-0.1, -0.05) is 84.2 Å². The zero-order valence-corrected chi connectivity index (χ0v) is 20.5. The van der Waals surface area contributed by atoms with Gasteiger partial charge in [0.05, 0.1) is 11.3 Å². The average molecular weight is 512 g/mol. The number of rotatable bonds is 10. The third-order valence-electron chi connectivity index (χ3n) is 5.29. The van der Waals surface area contributed by atoms with Gasteiger partial charge in [-0.15, -0.1) is 10.2 Å². The lowest BCUT2D eigenvalue weighted by atomic mass is 10.2. The monoisotopic (exact) mass is 511 g/mol. The number of carbonyl (C=O) groups excluding carboxylic acids is 1. The molecule has 0 unspecified atom stereocenters. The lowest BCUT2D eigenvalue weighted by molar-refractivity contribution is -0.118. The number of benzene rings is 2. The van der Waals surface area contributed by atoms with Crippen molar-refractivity contribution in [2.24, 2.45) is 0 Å². The number of nitrogens with one attached hydrogen (secondary N) is 1. The van der Waals surface area contributed by atoms with Gasteiger partial charge in [0.2, 0.25) is 11.1 Å². The van der Waals surface area contributed by atoms with Gasteiger partial charge < -0.3 is 9.88 Å². The summed E-state index contributed by atoms with van der Waals surface area (Å²) in [5, 5.41) is 13.3. The first-order valence-electron chi connectivity index (χ1n) is 10.9. The summed E-state index contributed by atoms with van der Waals surface area (Å²) >= 11 is 4.82. The zero-order valence-electron chi connectivity index (χ0n) is 18.1. The minimum Gasteiger partial charge on any atom is -0.355 e. The molecule has 6 nitrogen and oxygen atoms in total. The van der Waals surface area contributed by atoms with Crippen molar-refractivity contribution in [3.8, 4) is 0 Å². The molecule has 8 heteroatoms. The van der Waals surface area contributed by atoms with Crippen LogP contribution in [-0.4, -0.2) is 38.0 Å². The first kappa shape index (κ1) is 22.7. The molecule has 0 aliphatic carbocycles. The van der Waals surface area contributed by atoms with E-state index in [1.807, 2.05) is 30.3 Å². The van der Waals surface area contributed by atoms with Gasteiger partial charge in [-0.25, -0.2) is 4.98 Å². The summed E-state index contributed by atoms with van der Waals surface area (Å²) in [6.07, 6.45) is 4.56. The molecule has 4 aromatic rings. The summed E-state index contributed by atoms with van der Waals surface area (Å²) < 4.78 is 3.22. The summed E-state index contributed by atoms with van der Waals surface area (Å²) in [6.45, 7) is 3.58. The van der Waals surface area contributed by atoms with Crippen molar-refractivity contribution in [1.29, 1.82) is 0 Å². The summed E-state index contributed by atoms with van der Waals surface area (Å²) in [6, 6.07) is 16.4. The maximum Gasteiger partial charge on any atom is 0.230 e. The molecule has 2 aromatic carbocycles. The Kier molecular flexibility index (Phi) is 7.76. The van der Waals surface area contributed by atoms with E-state index in [0.29, 0.717) is 11.7 Å². The van der Waals surface area contributed by atoms with E-state index in [1.165, 1.54) is 30.2 Å². The number of unbranched alkanes of at least 4 members (excludes halogenated alkanes) is 3. The Balaban J connectivity index is 1.53. The van der Waals surface area contributed by atoms with Gasteiger partial charge in [0.1, 0.15) is 5.52 Å². The van der Waals surface area contributed by atoms with Crippen molar-refractivity contribution in [2.75, 3.05) is 12.3 Å². The fourth-order valence-electron chi connectivity index (χ4n) is 3.64. The molecular weight excluding hydrogens is 486 g/mol. The maximum atomic E-state index is 12.2. The van der Waals surface area contributed by atoms with Gasteiger partial charge in [-0.05, 0) is 30.2 Å². The van der Waals surface area contributed by atoms with Crippen molar-refractivity contribution in [3.63, 3.8) is 0 Å². The second kappa shape index (κ2) is 10.9. The second-order valence-corrected chi connectivity index (χ2v) is 9.55. The van der Waals surface area contributed by atoms with E-state index in [0.717, 1.165) is 45.9 Å². The molecule has 0 saturated carbocycles. The normalized spacial score (nSPS) is 11.3. The maximum absolute atomic E-state index is 12.2. The molecule has 1 amide bonds. The van der Waals surface area contributed by atoms with E-state index >= 15 is 0 Å². The number of para-hydroxylation sites is 1. The van der Waals surface area contributed by atoms with Crippen LogP contribution in [0.1, 0.15) is 38.2 Å². The molecule has 0 aliphatic heterocycles. The minimum absolute atomic E-state index is 0.00519. The van der Waals surface area contributed by atoms with Crippen LogP contribution in [-0.2, 0) is 11.3 Å². The van der Waals surface area contributed by atoms with Gasteiger partial charge in [0.15, 0.2) is 5.65 Å². The number of fused-ring (bicyclic) bond motifs is 3. The molecule has 0 aliphatic rings. The molecule has 32 heavy (non-hydrogen) atoms. The highest BCUT2D eigenvalue weighted by Gasteiger charge is 2.15. The lowest BCUT2D eigenvalue weighted by Gasteiger charge is -2.08. The topological polar surface area (TPSA) is 72.7 Å². The first-order valence-corrected chi connectivity index (χ1v) is 12.7. The van der Waals surface area contributed by atoms with Crippen LogP contribution in [0.4, 0.5) is 0 Å². The van der Waals surface area contributed by atoms with Gasteiger partial charge >= 0.3 is 0 Å². The van der Waals surface area contributed by atoms with E-state index in [-0.39, 0.29) is 11.7 Å². The third kappa shape index (κ3) is 5.48. The molecule has 0 atom stereocenters. The Morgan fingerprint density at radius 3 is 2.69 bits per heavy atom. The number of carbonyl (C=O) groups is 1. The molecule has 0 saturated heterocycles. The summed E-state index contributed by atoms with van der Waals surface area (Å²) in [4.78, 5) is 17.0. The molecule has 4 rings (SSSR count). The minimum atomic E-state index is 0.00519. The zero-order chi connectivity index (χ0) is 22.3. The van der Waals surface area contributed by atoms with Crippen molar-refractivity contribution >= 4 is 55.7 Å². The number of aromatic nitrogens is 4.